The molecule has 2 aliphatic carbocycles. The maximum absolute atomic E-state index is 12.5. The van der Waals surface area contributed by atoms with Crippen molar-refractivity contribution in [3.8, 4) is 0 Å². The van der Waals surface area contributed by atoms with E-state index in [-0.39, 0.29) is 36.2 Å². The lowest BCUT2D eigenvalue weighted by Crippen LogP contribution is -2.57. The van der Waals surface area contributed by atoms with Crippen molar-refractivity contribution in [1.82, 2.24) is 15.1 Å². The molecule has 0 radical (unpaired) electrons. The molecule has 7 heteroatoms. The molecule has 1 atom stereocenters. The van der Waals surface area contributed by atoms with Gasteiger partial charge in [0.05, 0.1) is 12.6 Å². The van der Waals surface area contributed by atoms with Crippen LogP contribution in [0.1, 0.15) is 58.3 Å². The lowest BCUT2D eigenvalue weighted by molar-refractivity contribution is -0.144. The molecule has 158 valence electrons. The molecule has 4 rings (SSSR count). The molecule has 2 aliphatic heterocycles. The highest BCUT2D eigenvalue weighted by atomic mass is 16.2. The Morgan fingerprint density at radius 3 is 2.21 bits per heavy atom. The lowest BCUT2D eigenvalue weighted by Gasteiger charge is -2.36. The van der Waals surface area contributed by atoms with Crippen LogP contribution in [0, 0.1) is 17.8 Å². The molecule has 4 aliphatic rings. The van der Waals surface area contributed by atoms with Crippen LogP contribution in [-0.4, -0.2) is 66.3 Å². The van der Waals surface area contributed by atoms with Crippen LogP contribution in [0.4, 0.5) is 0 Å². The van der Waals surface area contributed by atoms with Crippen LogP contribution in [-0.2, 0) is 14.4 Å². The highest BCUT2D eigenvalue weighted by molar-refractivity contribution is 5.88. The molecular weight excluding hydrogens is 356 g/mol. The fraction of sp³-hybridized carbons (Fsp3) is 0.857. The molecule has 28 heavy (non-hydrogen) atoms. The van der Waals surface area contributed by atoms with E-state index < -0.39 is 0 Å². The number of carbonyl (C=O) groups is 3. The number of nitrogens with two attached hydrogens (primary N) is 1. The number of hydrogen-bond acceptors (Lipinski definition) is 4. The molecule has 3 amide bonds. The molecule has 3 N–H and O–H groups in total. The number of nitrogens with zero attached hydrogens (tertiary/aromatic N) is 2. The molecule has 0 spiro atoms. The van der Waals surface area contributed by atoms with Gasteiger partial charge in [0.2, 0.25) is 17.7 Å². The van der Waals surface area contributed by atoms with Gasteiger partial charge in [0, 0.05) is 32.6 Å². The van der Waals surface area contributed by atoms with Gasteiger partial charge in [-0.3, -0.25) is 14.4 Å². The summed E-state index contributed by atoms with van der Waals surface area (Å²) >= 11 is 0. The second-order valence-electron chi connectivity index (χ2n) is 9.12. The van der Waals surface area contributed by atoms with Gasteiger partial charge in [0.1, 0.15) is 0 Å². The van der Waals surface area contributed by atoms with Crippen LogP contribution in [0.15, 0.2) is 0 Å². The fourth-order valence-electron chi connectivity index (χ4n) is 3.92. The normalized spacial score (nSPS) is 25.9. The van der Waals surface area contributed by atoms with E-state index in [0.717, 1.165) is 31.7 Å². The lowest BCUT2D eigenvalue weighted by atomic mass is 9.93. The molecule has 7 nitrogen and oxygen atoms in total. The summed E-state index contributed by atoms with van der Waals surface area (Å²) in [4.78, 5) is 39.5. The van der Waals surface area contributed by atoms with Crippen molar-refractivity contribution < 1.29 is 14.4 Å². The first kappa shape index (κ1) is 21.1. The molecule has 2 heterocycles. The van der Waals surface area contributed by atoms with Crippen LogP contribution in [0.2, 0.25) is 0 Å². The summed E-state index contributed by atoms with van der Waals surface area (Å²) in [6, 6.07) is -0.111. The average Bonchev–Trinajstić information content (AvgIpc) is 3.58. The predicted molar refractivity (Wildman–Crippen MR) is 107 cm³/mol. The zero-order valence-electron chi connectivity index (χ0n) is 17.2. The van der Waals surface area contributed by atoms with E-state index in [2.05, 4.69) is 12.2 Å². The molecule has 2 saturated carbocycles. The van der Waals surface area contributed by atoms with E-state index in [1.807, 2.05) is 4.90 Å². The number of hydrogen-bond donors (Lipinski definition) is 2. The van der Waals surface area contributed by atoms with E-state index in [1.54, 1.807) is 4.90 Å². The molecule has 0 aromatic rings. The van der Waals surface area contributed by atoms with Crippen molar-refractivity contribution in [1.29, 1.82) is 0 Å². The predicted octanol–water partition coefficient (Wildman–Crippen LogP) is 1.12. The smallest absolute Gasteiger partial charge is 0.242 e. The van der Waals surface area contributed by atoms with Gasteiger partial charge < -0.3 is 20.9 Å². The highest BCUT2D eigenvalue weighted by Gasteiger charge is 2.35. The second-order valence-corrected chi connectivity index (χ2v) is 9.12. The van der Waals surface area contributed by atoms with Crippen LogP contribution in [0.3, 0.4) is 0 Å². The van der Waals surface area contributed by atoms with E-state index in [9.17, 15) is 14.4 Å². The summed E-state index contributed by atoms with van der Waals surface area (Å²) in [7, 11) is 0. The Kier molecular flexibility index (Phi) is 7.32. The topological polar surface area (TPSA) is 95.7 Å². The van der Waals surface area contributed by atoms with Gasteiger partial charge in [-0.1, -0.05) is 32.6 Å². The minimum absolute atomic E-state index is 0.0212. The van der Waals surface area contributed by atoms with E-state index in [1.165, 1.54) is 25.7 Å². The van der Waals surface area contributed by atoms with Gasteiger partial charge in [0.25, 0.3) is 0 Å². The van der Waals surface area contributed by atoms with E-state index in [0.29, 0.717) is 32.0 Å². The summed E-state index contributed by atoms with van der Waals surface area (Å²) in [6.07, 6.45) is 8.36. The van der Waals surface area contributed by atoms with Crippen molar-refractivity contribution in [3.63, 3.8) is 0 Å². The second kappa shape index (κ2) is 9.72. The van der Waals surface area contributed by atoms with Gasteiger partial charge in [-0.15, -0.1) is 0 Å². The standard InChI is InChI=1S/C17H28N4O3.C4H8/c18-15(22)10-13-3-6-20(7-4-13)16(23)11-21-8-5-19-14(17(21)24)9-12-1-2-12;1-4-2-3-4/h12-14,19H,1-11H2,(H2,18,22);4H,2-3H2,1H3. The highest BCUT2D eigenvalue weighted by Crippen LogP contribution is 2.34. The van der Waals surface area contributed by atoms with E-state index in [4.69, 9.17) is 5.73 Å². The van der Waals surface area contributed by atoms with Crippen molar-refractivity contribution >= 4 is 17.7 Å². The Labute approximate surface area is 168 Å². The number of likely N-dealkylation sites (tertiary alicyclic amines) is 1. The number of rotatable bonds is 6. The van der Waals surface area contributed by atoms with Crippen molar-refractivity contribution in [3.05, 3.63) is 0 Å². The third-order valence-corrected chi connectivity index (χ3v) is 6.30. The Morgan fingerprint density at radius 1 is 1.04 bits per heavy atom. The first-order valence-electron chi connectivity index (χ1n) is 11.0. The molecular formula is C21H36N4O3. The molecule has 0 bridgehead atoms. The van der Waals surface area contributed by atoms with Crippen LogP contribution < -0.4 is 11.1 Å². The largest absolute Gasteiger partial charge is 0.370 e. The number of primary amides is 1. The summed E-state index contributed by atoms with van der Waals surface area (Å²) < 4.78 is 0. The molecule has 2 saturated heterocycles. The SMILES string of the molecule is CC1CC1.NC(=O)CC1CCN(C(=O)CN2CCNC(CC3CC3)C2=O)CC1. The monoisotopic (exact) mass is 392 g/mol. The maximum atomic E-state index is 12.5. The van der Waals surface area contributed by atoms with Gasteiger partial charge in [-0.05, 0) is 37.0 Å². The number of piperazine rings is 1. The van der Waals surface area contributed by atoms with Crippen molar-refractivity contribution in [2.45, 2.75) is 64.3 Å². The van der Waals surface area contributed by atoms with Gasteiger partial charge >= 0.3 is 0 Å². The number of amides is 3. The third-order valence-electron chi connectivity index (χ3n) is 6.30. The van der Waals surface area contributed by atoms with Gasteiger partial charge in [-0.25, -0.2) is 0 Å². The van der Waals surface area contributed by atoms with Crippen molar-refractivity contribution in [2.24, 2.45) is 23.5 Å². The fourth-order valence-corrected chi connectivity index (χ4v) is 3.92. The zero-order valence-corrected chi connectivity index (χ0v) is 17.2. The maximum Gasteiger partial charge on any atom is 0.242 e. The number of carbonyl (C=O) groups excluding carboxylic acids is 3. The van der Waals surface area contributed by atoms with E-state index >= 15 is 0 Å². The summed E-state index contributed by atoms with van der Waals surface area (Å²) in [5.74, 6) is 1.88. The Hall–Kier alpha value is -1.63. The molecule has 1 unspecified atom stereocenters. The average molecular weight is 393 g/mol. The first-order valence-corrected chi connectivity index (χ1v) is 11.0. The van der Waals surface area contributed by atoms with Gasteiger partial charge in [-0.2, -0.15) is 0 Å². The van der Waals surface area contributed by atoms with Crippen LogP contribution >= 0.6 is 0 Å². The minimum Gasteiger partial charge on any atom is -0.370 e. The Morgan fingerprint density at radius 2 is 1.68 bits per heavy atom. The summed E-state index contributed by atoms with van der Waals surface area (Å²) in [5.41, 5.74) is 5.24. The quantitative estimate of drug-likeness (QED) is 0.708. The first-order chi connectivity index (χ1) is 13.4. The Bertz CT molecular complexity index is 566. The Balaban J connectivity index is 0.000000500. The molecule has 0 aromatic carbocycles. The molecule has 0 aromatic heterocycles. The third kappa shape index (κ3) is 6.76. The number of nitrogens with one attached hydrogen (secondary N) is 1. The summed E-state index contributed by atoms with van der Waals surface area (Å²) in [5, 5.41) is 3.29. The van der Waals surface area contributed by atoms with Crippen LogP contribution in [0.25, 0.3) is 0 Å². The molecule has 4 fully saturated rings. The summed E-state index contributed by atoms with van der Waals surface area (Å²) in [6.45, 7) is 5.13. The zero-order chi connectivity index (χ0) is 20.1. The minimum atomic E-state index is -0.270. The van der Waals surface area contributed by atoms with Gasteiger partial charge in [0.15, 0.2) is 0 Å². The van der Waals surface area contributed by atoms with Crippen molar-refractivity contribution in [2.75, 3.05) is 32.7 Å². The number of piperidine rings is 1. The van der Waals surface area contributed by atoms with Crippen LogP contribution in [0.5, 0.6) is 0 Å².